The van der Waals surface area contributed by atoms with Crippen molar-refractivity contribution >= 4 is 12.2 Å². The average Bonchev–Trinajstić information content (AvgIpc) is 2.55. The molecule has 0 aliphatic heterocycles. The lowest BCUT2D eigenvalue weighted by Crippen LogP contribution is -2.18. The van der Waals surface area contributed by atoms with Crippen LogP contribution in [0.1, 0.15) is 37.1 Å². The highest BCUT2D eigenvalue weighted by Crippen LogP contribution is 2.29. The summed E-state index contributed by atoms with van der Waals surface area (Å²) < 4.78 is 11.4. The highest BCUT2D eigenvalue weighted by molar-refractivity contribution is 7.71. The molecule has 0 bridgehead atoms. The Morgan fingerprint density at radius 2 is 1.96 bits per heavy atom. The lowest BCUT2D eigenvalue weighted by Gasteiger charge is -2.12. The molecule has 0 spiro atoms. The van der Waals surface area contributed by atoms with Crippen molar-refractivity contribution in [3.8, 4) is 11.5 Å². The number of ether oxygens (including phenoxy) is 2. The lowest BCUT2D eigenvalue weighted by molar-refractivity contribution is 0.294. The van der Waals surface area contributed by atoms with Crippen molar-refractivity contribution in [2.45, 2.75) is 33.1 Å². The average molecular weight is 334 g/mol. The first-order valence-corrected chi connectivity index (χ1v) is 8.13. The molecule has 2 aromatic rings. The second kappa shape index (κ2) is 7.97. The van der Waals surface area contributed by atoms with Gasteiger partial charge >= 0.3 is 0 Å². The SMILES string of the molecule is CCCOc1cc(Cc2c(CC)[nH]c(=S)[nH]c2=O)ccc1OC. The fourth-order valence-electron chi connectivity index (χ4n) is 2.41. The Labute approximate surface area is 140 Å². The molecule has 0 aliphatic carbocycles. The minimum absolute atomic E-state index is 0.141. The van der Waals surface area contributed by atoms with E-state index in [1.807, 2.05) is 25.1 Å². The number of aryl methyl sites for hydroxylation is 1. The standard InChI is InChI=1S/C17H22N2O3S/c1-4-8-22-15-10-11(6-7-14(15)21-3)9-12-13(5-2)18-17(23)19-16(12)20/h6-7,10H,4-5,8-9H2,1-3H3,(H2,18,19,20,23). The van der Waals surface area contributed by atoms with Gasteiger partial charge in [-0.15, -0.1) is 0 Å². The zero-order valence-corrected chi connectivity index (χ0v) is 14.5. The molecule has 0 unspecified atom stereocenters. The molecule has 0 amide bonds. The molecule has 1 aromatic heterocycles. The number of hydrogen-bond donors (Lipinski definition) is 2. The van der Waals surface area contributed by atoms with Gasteiger partial charge < -0.3 is 14.5 Å². The Kier molecular flexibility index (Phi) is 5.98. The second-order valence-corrected chi connectivity index (χ2v) is 5.64. The quantitative estimate of drug-likeness (QED) is 0.762. The van der Waals surface area contributed by atoms with E-state index in [0.29, 0.717) is 34.9 Å². The smallest absolute Gasteiger partial charge is 0.255 e. The summed E-state index contributed by atoms with van der Waals surface area (Å²) in [7, 11) is 1.62. The summed E-state index contributed by atoms with van der Waals surface area (Å²) in [5.74, 6) is 1.39. The fourth-order valence-corrected chi connectivity index (χ4v) is 2.62. The van der Waals surface area contributed by atoms with E-state index in [9.17, 15) is 4.79 Å². The van der Waals surface area contributed by atoms with Gasteiger partial charge in [-0.05, 0) is 42.8 Å². The van der Waals surface area contributed by atoms with E-state index in [2.05, 4.69) is 16.9 Å². The third-order valence-corrected chi connectivity index (χ3v) is 3.76. The van der Waals surface area contributed by atoms with E-state index >= 15 is 0 Å². The minimum atomic E-state index is -0.141. The summed E-state index contributed by atoms with van der Waals surface area (Å²) in [4.78, 5) is 17.9. The van der Waals surface area contributed by atoms with Crippen LogP contribution in [0.5, 0.6) is 11.5 Å². The molecule has 0 aliphatic rings. The van der Waals surface area contributed by atoms with Gasteiger partial charge in [0.25, 0.3) is 5.56 Å². The third-order valence-electron chi connectivity index (χ3n) is 3.55. The van der Waals surface area contributed by atoms with Gasteiger partial charge in [0.1, 0.15) is 0 Å². The number of hydrogen-bond acceptors (Lipinski definition) is 4. The second-order valence-electron chi connectivity index (χ2n) is 5.23. The molecular weight excluding hydrogens is 312 g/mol. The molecule has 1 aromatic carbocycles. The number of nitrogens with one attached hydrogen (secondary N) is 2. The number of aromatic nitrogens is 2. The first kappa shape index (κ1) is 17.3. The van der Waals surface area contributed by atoms with Gasteiger partial charge in [-0.3, -0.25) is 9.78 Å². The molecule has 0 fully saturated rings. The predicted molar refractivity (Wildman–Crippen MR) is 93.2 cm³/mol. The van der Waals surface area contributed by atoms with Crippen LogP contribution in [0, 0.1) is 4.77 Å². The molecule has 2 N–H and O–H groups in total. The number of H-pyrrole nitrogens is 2. The van der Waals surface area contributed by atoms with Crippen LogP contribution in [0.4, 0.5) is 0 Å². The molecule has 5 nitrogen and oxygen atoms in total. The predicted octanol–water partition coefficient (Wildman–Crippen LogP) is 3.38. The van der Waals surface area contributed by atoms with Gasteiger partial charge in [0, 0.05) is 17.7 Å². The van der Waals surface area contributed by atoms with Crippen LogP contribution in [0.2, 0.25) is 0 Å². The van der Waals surface area contributed by atoms with E-state index in [1.54, 1.807) is 7.11 Å². The van der Waals surface area contributed by atoms with Crippen molar-refractivity contribution in [1.82, 2.24) is 9.97 Å². The van der Waals surface area contributed by atoms with Crippen molar-refractivity contribution in [1.29, 1.82) is 0 Å². The molecule has 0 atom stereocenters. The van der Waals surface area contributed by atoms with Crippen LogP contribution >= 0.6 is 12.2 Å². The van der Waals surface area contributed by atoms with Gasteiger partial charge in [0.05, 0.1) is 13.7 Å². The lowest BCUT2D eigenvalue weighted by atomic mass is 10.0. The monoisotopic (exact) mass is 334 g/mol. The van der Waals surface area contributed by atoms with Gasteiger partial charge in [-0.2, -0.15) is 0 Å². The van der Waals surface area contributed by atoms with Crippen LogP contribution in [0.15, 0.2) is 23.0 Å². The Hall–Kier alpha value is -2.08. The Morgan fingerprint density at radius 3 is 2.61 bits per heavy atom. The molecular formula is C17H22N2O3S. The van der Waals surface area contributed by atoms with Gasteiger partial charge in [-0.25, -0.2) is 0 Å². The van der Waals surface area contributed by atoms with Gasteiger partial charge in [-0.1, -0.05) is 19.9 Å². The summed E-state index contributed by atoms with van der Waals surface area (Å²) in [6.07, 6.45) is 2.15. The third kappa shape index (κ3) is 4.22. The molecule has 0 saturated heterocycles. The minimum Gasteiger partial charge on any atom is -0.493 e. The molecule has 2 rings (SSSR count). The maximum Gasteiger partial charge on any atom is 0.255 e. The number of benzene rings is 1. The van der Waals surface area contributed by atoms with Crippen molar-refractivity contribution < 1.29 is 9.47 Å². The Balaban J connectivity index is 2.37. The summed E-state index contributed by atoms with van der Waals surface area (Å²) in [6.45, 7) is 4.67. The van der Waals surface area contributed by atoms with Crippen LogP contribution in [-0.4, -0.2) is 23.7 Å². The molecule has 0 saturated carbocycles. The van der Waals surface area contributed by atoms with E-state index in [1.165, 1.54) is 0 Å². The highest BCUT2D eigenvalue weighted by atomic mass is 32.1. The van der Waals surface area contributed by atoms with Crippen molar-refractivity contribution in [3.63, 3.8) is 0 Å². The normalized spacial score (nSPS) is 10.6. The zero-order valence-electron chi connectivity index (χ0n) is 13.7. The Bertz CT molecular complexity index is 780. The molecule has 1 heterocycles. The van der Waals surface area contributed by atoms with Gasteiger partial charge in [0.15, 0.2) is 16.3 Å². The van der Waals surface area contributed by atoms with Crippen molar-refractivity contribution in [2.75, 3.05) is 13.7 Å². The van der Waals surface area contributed by atoms with Crippen LogP contribution in [0.25, 0.3) is 0 Å². The molecule has 23 heavy (non-hydrogen) atoms. The Morgan fingerprint density at radius 1 is 1.17 bits per heavy atom. The fraction of sp³-hybridized carbons (Fsp3) is 0.412. The van der Waals surface area contributed by atoms with E-state index < -0.39 is 0 Å². The summed E-state index contributed by atoms with van der Waals surface area (Å²) >= 11 is 5.03. The van der Waals surface area contributed by atoms with Crippen molar-refractivity contribution in [2.24, 2.45) is 0 Å². The summed E-state index contributed by atoms with van der Waals surface area (Å²) in [5.41, 5.74) is 2.42. The van der Waals surface area contributed by atoms with Gasteiger partial charge in [0.2, 0.25) is 0 Å². The highest BCUT2D eigenvalue weighted by Gasteiger charge is 2.11. The molecule has 124 valence electrons. The molecule has 0 radical (unpaired) electrons. The van der Waals surface area contributed by atoms with E-state index in [4.69, 9.17) is 21.7 Å². The van der Waals surface area contributed by atoms with Crippen LogP contribution < -0.4 is 15.0 Å². The number of methoxy groups -OCH3 is 1. The van der Waals surface area contributed by atoms with Crippen LogP contribution in [-0.2, 0) is 12.8 Å². The number of aromatic amines is 2. The van der Waals surface area contributed by atoms with E-state index in [-0.39, 0.29) is 5.56 Å². The first-order chi connectivity index (χ1) is 11.1. The molecule has 6 heteroatoms. The first-order valence-electron chi connectivity index (χ1n) is 7.73. The number of rotatable bonds is 7. The summed E-state index contributed by atoms with van der Waals surface area (Å²) in [6, 6.07) is 5.73. The summed E-state index contributed by atoms with van der Waals surface area (Å²) in [5, 5.41) is 0. The van der Waals surface area contributed by atoms with Crippen LogP contribution in [0.3, 0.4) is 0 Å². The zero-order chi connectivity index (χ0) is 16.8. The van der Waals surface area contributed by atoms with Crippen molar-refractivity contribution in [3.05, 3.63) is 50.1 Å². The van der Waals surface area contributed by atoms with E-state index in [0.717, 1.165) is 24.1 Å². The largest absolute Gasteiger partial charge is 0.493 e. The maximum atomic E-state index is 12.2. The maximum absolute atomic E-state index is 12.2. The topological polar surface area (TPSA) is 67.1 Å².